The molecule has 14 heavy (non-hydrogen) atoms. The average molecular weight is 215 g/mol. The molecule has 1 rings (SSSR count). The maximum absolute atomic E-state index is 11.2. The van der Waals surface area contributed by atoms with Crippen molar-refractivity contribution in [3.8, 4) is 0 Å². The Morgan fingerprint density at radius 3 is 2.71 bits per heavy atom. The molecule has 0 saturated carbocycles. The van der Waals surface area contributed by atoms with E-state index in [1.165, 1.54) is 6.07 Å². The van der Waals surface area contributed by atoms with E-state index in [4.69, 9.17) is 22.4 Å². The second kappa shape index (κ2) is 4.17. The van der Waals surface area contributed by atoms with Crippen LogP contribution in [0.15, 0.2) is 12.3 Å². The minimum Gasteiger partial charge on any atom is -0.476 e. The zero-order valence-electron chi connectivity index (χ0n) is 7.03. The molecule has 0 aromatic carbocycles. The summed E-state index contributed by atoms with van der Waals surface area (Å²) in [6.07, 6.45) is 1.16. The highest BCUT2D eigenvalue weighted by atomic mass is 35.5. The minimum atomic E-state index is -1.28. The molecule has 1 heterocycles. The van der Waals surface area contributed by atoms with Crippen LogP contribution < -0.4 is 5.73 Å². The van der Waals surface area contributed by atoms with E-state index in [-0.39, 0.29) is 22.8 Å². The zero-order valence-corrected chi connectivity index (χ0v) is 7.78. The molecular formula is C8H7ClN2O3. The number of nitrogens with zero attached hydrogens (tertiary/aromatic N) is 1. The van der Waals surface area contributed by atoms with E-state index in [0.29, 0.717) is 0 Å². The highest BCUT2D eigenvalue weighted by Crippen LogP contribution is 2.13. The predicted molar refractivity (Wildman–Crippen MR) is 49.6 cm³/mol. The third-order valence-electron chi connectivity index (χ3n) is 1.54. The number of carbonyl (C=O) groups excluding carboxylic acids is 1. The molecule has 0 bridgehead atoms. The summed E-state index contributed by atoms with van der Waals surface area (Å²) in [5, 5.41) is 8.90. The number of Topliss-reactive ketones (excluding diaryl/α,β-unsaturated/α-hetero) is 1. The van der Waals surface area contributed by atoms with Gasteiger partial charge in [0.2, 0.25) is 0 Å². The van der Waals surface area contributed by atoms with E-state index >= 15 is 0 Å². The molecule has 0 spiro atoms. The fourth-order valence-corrected chi connectivity index (χ4v) is 1.09. The number of carboxylic acids is 1. The van der Waals surface area contributed by atoms with E-state index in [2.05, 4.69) is 4.98 Å². The molecular weight excluding hydrogens is 208 g/mol. The standard InChI is InChI=1S/C8H7ClN2O3/c9-4-1-5(6(12)2-10)7(8(13)14)11-3-4/h1,3H,2,10H2,(H,13,14). The highest BCUT2D eigenvalue weighted by molar-refractivity contribution is 6.31. The molecule has 0 aliphatic heterocycles. The fourth-order valence-electron chi connectivity index (χ4n) is 0.932. The van der Waals surface area contributed by atoms with Gasteiger partial charge in [-0.05, 0) is 6.07 Å². The largest absolute Gasteiger partial charge is 0.476 e. The van der Waals surface area contributed by atoms with Gasteiger partial charge in [0.25, 0.3) is 0 Å². The first-order valence-corrected chi connectivity index (χ1v) is 4.06. The molecule has 0 saturated heterocycles. The van der Waals surface area contributed by atoms with E-state index in [0.717, 1.165) is 6.20 Å². The molecule has 0 radical (unpaired) electrons. The van der Waals surface area contributed by atoms with Gasteiger partial charge < -0.3 is 10.8 Å². The zero-order chi connectivity index (χ0) is 10.7. The molecule has 0 atom stereocenters. The minimum absolute atomic E-state index is 0.0625. The Labute approximate surface area is 84.5 Å². The number of ketones is 1. The van der Waals surface area contributed by atoms with Crippen molar-refractivity contribution in [2.75, 3.05) is 6.54 Å². The van der Waals surface area contributed by atoms with Crippen molar-refractivity contribution in [3.63, 3.8) is 0 Å². The summed E-state index contributed by atoms with van der Waals surface area (Å²) in [7, 11) is 0. The van der Waals surface area contributed by atoms with Gasteiger partial charge >= 0.3 is 5.97 Å². The van der Waals surface area contributed by atoms with Crippen LogP contribution in [0.25, 0.3) is 0 Å². The van der Waals surface area contributed by atoms with Gasteiger partial charge in [0.1, 0.15) is 0 Å². The lowest BCUT2D eigenvalue weighted by molar-refractivity contribution is 0.0685. The quantitative estimate of drug-likeness (QED) is 0.718. The molecule has 6 heteroatoms. The van der Waals surface area contributed by atoms with Crippen molar-refractivity contribution < 1.29 is 14.7 Å². The Hall–Kier alpha value is -1.46. The normalized spacial score (nSPS) is 9.86. The van der Waals surface area contributed by atoms with E-state index in [1.54, 1.807) is 0 Å². The third-order valence-corrected chi connectivity index (χ3v) is 1.75. The van der Waals surface area contributed by atoms with Crippen LogP contribution in [0.4, 0.5) is 0 Å². The number of aromatic carboxylic acids is 1. The Morgan fingerprint density at radius 2 is 2.21 bits per heavy atom. The summed E-state index contributed by atoms with van der Waals surface area (Å²) in [6.45, 7) is -0.275. The number of halogens is 1. The highest BCUT2D eigenvalue weighted by Gasteiger charge is 2.17. The van der Waals surface area contributed by atoms with Crippen LogP contribution in [0.1, 0.15) is 20.8 Å². The summed E-state index contributed by atoms with van der Waals surface area (Å²) in [6, 6.07) is 1.24. The number of carbonyl (C=O) groups is 2. The number of nitrogens with two attached hydrogens (primary N) is 1. The van der Waals surface area contributed by atoms with Crippen LogP contribution in [0.2, 0.25) is 5.02 Å². The lowest BCUT2D eigenvalue weighted by Gasteiger charge is -2.02. The van der Waals surface area contributed by atoms with Gasteiger partial charge in [-0.15, -0.1) is 0 Å². The summed E-state index contributed by atoms with van der Waals surface area (Å²) >= 11 is 5.57. The first kappa shape index (κ1) is 10.6. The molecule has 0 aliphatic rings. The average Bonchev–Trinajstić information content (AvgIpc) is 2.16. The van der Waals surface area contributed by atoms with Crippen LogP contribution in [-0.4, -0.2) is 28.4 Å². The molecule has 0 unspecified atom stereocenters. The number of hydrogen-bond donors (Lipinski definition) is 2. The van der Waals surface area contributed by atoms with Crippen LogP contribution in [0.5, 0.6) is 0 Å². The SMILES string of the molecule is NCC(=O)c1cc(Cl)cnc1C(=O)O. The van der Waals surface area contributed by atoms with E-state index < -0.39 is 11.8 Å². The monoisotopic (exact) mass is 214 g/mol. The van der Waals surface area contributed by atoms with Crippen molar-refractivity contribution in [3.05, 3.63) is 28.5 Å². The molecule has 1 aromatic heterocycles. The maximum atomic E-state index is 11.2. The Bertz CT molecular complexity index is 392. The number of pyridine rings is 1. The lowest BCUT2D eigenvalue weighted by atomic mass is 10.1. The number of hydrogen-bond acceptors (Lipinski definition) is 4. The molecule has 0 aliphatic carbocycles. The predicted octanol–water partition coefficient (Wildman–Crippen LogP) is 0.575. The van der Waals surface area contributed by atoms with Crippen LogP contribution in [-0.2, 0) is 0 Å². The van der Waals surface area contributed by atoms with Gasteiger partial charge in [-0.2, -0.15) is 0 Å². The van der Waals surface area contributed by atoms with Gasteiger partial charge in [0, 0.05) is 6.20 Å². The first-order chi connectivity index (χ1) is 6.56. The van der Waals surface area contributed by atoms with Crippen molar-refractivity contribution in [2.45, 2.75) is 0 Å². The summed E-state index contributed by atoms with van der Waals surface area (Å²) in [5.74, 6) is -1.78. The lowest BCUT2D eigenvalue weighted by Crippen LogP contribution is -2.18. The summed E-state index contributed by atoms with van der Waals surface area (Å²) < 4.78 is 0. The van der Waals surface area contributed by atoms with E-state index in [9.17, 15) is 9.59 Å². The Morgan fingerprint density at radius 1 is 1.57 bits per heavy atom. The molecule has 0 amide bonds. The van der Waals surface area contributed by atoms with E-state index in [1.807, 2.05) is 0 Å². The van der Waals surface area contributed by atoms with Gasteiger partial charge in [-0.3, -0.25) is 4.79 Å². The maximum Gasteiger partial charge on any atom is 0.355 e. The number of rotatable bonds is 3. The third kappa shape index (κ3) is 2.07. The van der Waals surface area contributed by atoms with Crippen LogP contribution in [0, 0.1) is 0 Å². The van der Waals surface area contributed by atoms with Gasteiger partial charge in [0.05, 0.1) is 17.1 Å². The second-order valence-corrected chi connectivity index (χ2v) is 2.92. The van der Waals surface area contributed by atoms with Crippen LogP contribution >= 0.6 is 11.6 Å². The number of aromatic nitrogens is 1. The Kier molecular flexibility index (Phi) is 3.16. The molecule has 1 aromatic rings. The van der Waals surface area contributed by atoms with Crippen LogP contribution in [0.3, 0.4) is 0 Å². The molecule has 74 valence electrons. The molecule has 0 fully saturated rings. The fraction of sp³-hybridized carbons (Fsp3) is 0.125. The first-order valence-electron chi connectivity index (χ1n) is 3.68. The molecule has 5 nitrogen and oxygen atoms in total. The van der Waals surface area contributed by atoms with Gasteiger partial charge in [-0.25, -0.2) is 9.78 Å². The van der Waals surface area contributed by atoms with Crippen molar-refractivity contribution in [1.82, 2.24) is 4.98 Å². The van der Waals surface area contributed by atoms with Crippen molar-refractivity contribution >= 4 is 23.4 Å². The summed E-state index contributed by atoms with van der Waals surface area (Å²) in [4.78, 5) is 25.4. The second-order valence-electron chi connectivity index (χ2n) is 2.48. The number of carboxylic acid groups (broad SMARTS) is 1. The van der Waals surface area contributed by atoms with Crippen molar-refractivity contribution in [2.24, 2.45) is 5.73 Å². The smallest absolute Gasteiger partial charge is 0.355 e. The topological polar surface area (TPSA) is 93.3 Å². The molecule has 3 N–H and O–H groups in total. The van der Waals surface area contributed by atoms with Gasteiger partial charge in [-0.1, -0.05) is 11.6 Å². The Balaban J connectivity index is 3.29. The van der Waals surface area contributed by atoms with Gasteiger partial charge in [0.15, 0.2) is 11.5 Å². The summed E-state index contributed by atoms with van der Waals surface area (Å²) in [5.41, 5.74) is 4.72. The van der Waals surface area contributed by atoms with Crippen molar-refractivity contribution in [1.29, 1.82) is 0 Å².